The number of fused-ring (bicyclic) bond motifs is 1. The first kappa shape index (κ1) is 32.1. The first-order valence-electron chi connectivity index (χ1n) is 14.2. The van der Waals surface area contributed by atoms with Gasteiger partial charge in [0, 0.05) is 23.0 Å². The third-order valence-electron chi connectivity index (χ3n) is 6.62. The molecule has 0 aliphatic carbocycles. The Morgan fingerprint density at radius 1 is 0.810 bits per heavy atom. The molecule has 0 N–H and O–H groups in total. The van der Waals surface area contributed by atoms with Crippen molar-refractivity contribution in [3.63, 3.8) is 0 Å². The molecular formula is C34H38O8. The molecule has 0 aliphatic rings. The first-order valence-corrected chi connectivity index (χ1v) is 14.2. The van der Waals surface area contributed by atoms with Crippen LogP contribution in [-0.4, -0.2) is 31.1 Å². The van der Waals surface area contributed by atoms with Crippen molar-refractivity contribution in [3.8, 4) is 16.9 Å². The molecule has 8 heteroatoms. The van der Waals surface area contributed by atoms with Gasteiger partial charge >= 0.3 is 23.5 Å². The van der Waals surface area contributed by atoms with Crippen LogP contribution in [0.15, 0.2) is 76.0 Å². The predicted octanol–water partition coefficient (Wildman–Crippen LogP) is 6.66. The van der Waals surface area contributed by atoms with Gasteiger partial charge < -0.3 is 18.6 Å². The van der Waals surface area contributed by atoms with Gasteiger partial charge in [-0.1, -0.05) is 44.3 Å². The van der Waals surface area contributed by atoms with Crippen molar-refractivity contribution in [1.82, 2.24) is 0 Å². The molecule has 42 heavy (non-hydrogen) atoms. The molecule has 0 radical (unpaired) electrons. The zero-order valence-corrected chi connectivity index (χ0v) is 24.6. The number of benzene rings is 2. The normalized spacial score (nSPS) is 10.7. The fraction of sp³-hybridized carbons (Fsp3) is 0.353. The fourth-order valence-electron chi connectivity index (χ4n) is 4.29. The van der Waals surface area contributed by atoms with Crippen LogP contribution in [0.4, 0.5) is 0 Å². The van der Waals surface area contributed by atoms with E-state index in [0.717, 1.165) is 35.8 Å². The first-order chi connectivity index (χ1) is 20.1. The maximum atomic E-state index is 13.2. The maximum absolute atomic E-state index is 13.2. The highest BCUT2D eigenvalue weighted by atomic mass is 16.5. The van der Waals surface area contributed by atoms with Gasteiger partial charge in [-0.15, -0.1) is 0 Å². The number of aryl methyl sites for hydroxylation is 2. The second-order valence-electron chi connectivity index (χ2n) is 10.2. The average Bonchev–Trinajstić information content (AvgIpc) is 2.97. The van der Waals surface area contributed by atoms with Crippen LogP contribution in [0.2, 0.25) is 0 Å². The summed E-state index contributed by atoms with van der Waals surface area (Å²) in [4.78, 5) is 48.1. The van der Waals surface area contributed by atoms with Crippen LogP contribution in [0, 0.1) is 0 Å². The molecule has 0 aliphatic heterocycles. The van der Waals surface area contributed by atoms with Crippen LogP contribution in [0.3, 0.4) is 0 Å². The van der Waals surface area contributed by atoms with Crippen molar-refractivity contribution in [2.75, 3.05) is 13.2 Å². The molecule has 0 bridgehead atoms. The Kier molecular flexibility index (Phi) is 11.8. The van der Waals surface area contributed by atoms with Gasteiger partial charge in [0.25, 0.3) is 0 Å². The van der Waals surface area contributed by atoms with E-state index >= 15 is 0 Å². The zero-order valence-electron chi connectivity index (χ0n) is 24.6. The highest BCUT2D eigenvalue weighted by Gasteiger charge is 2.15. The minimum Gasteiger partial charge on any atom is -0.466 e. The number of ether oxygens (including phenoxy) is 3. The number of hydrogen-bond donors (Lipinski definition) is 0. The number of rotatable bonds is 15. The Labute approximate surface area is 246 Å². The van der Waals surface area contributed by atoms with E-state index in [9.17, 15) is 19.2 Å². The van der Waals surface area contributed by atoms with Gasteiger partial charge in [-0.2, -0.15) is 0 Å². The molecule has 3 aromatic rings. The zero-order chi connectivity index (χ0) is 30.6. The summed E-state index contributed by atoms with van der Waals surface area (Å²) < 4.78 is 21.6. The Balaban J connectivity index is 1.83. The summed E-state index contributed by atoms with van der Waals surface area (Å²) in [6, 6.07) is 12.4. The van der Waals surface area contributed by atoms with E-state index in [1.165, 1.54) is 0 Å². The van der Waals surface area contributed by atoms with Crippen LogP contribution in [0.1, 0.15) is 64.0 Å². The lowest BCUT2D eigenvalue weighted by Crippen LogP contribution is -2.08. The topological polar surface area (TPSA) is 109 Å². The maximum Gasteiger partial charge on any atom is 0.344 e. The van der Waals surface area contributed by atoms with Crippen molar-refractivity contribution in [3.05, 3.63) is 88.3 Å². The molecule has 0 spiro atoms. The van der Waals surface area contributed by atoms with Crippen LogP contribution < -0.4 is 10.4 Å². The molecule has 0 fully saturated rings. The highest BCUT2D eigenvalue weighted by Crippen LogP contribution is 2.29. The molecule has 0 amide bonds. The molecule has 3 rings (SSSR count). The lowest BCUT2D eigenvalue weighted by Gasteiger charge is -2.14. The van der Waals surface area contributed by atoms with E-state index in [2.05, 4.69) is 13.2 Å². The smallest absolute Gasteiger partial charge is 0.344 e. The van der Waals surface area contributed by atoms with Crippen LogP contribution in [0.25, 0.3) is 22.1 Å². The summed E-state index contributed by atoms with van der Waals surface area (Å²) in [6.07, 6.45) is 4.59. The second-order valence-corrected chi connectivity index (χ2v) is 10.2. The summed E-state index contributed by atoms with van der Waals surface area (Å²) >= 11 is 0. The number of carbonyl (C=O) groups is 3. The largest absolute Gasteiger partial charge is 0.466 e. The van der Waals surface area contributed by atoms with Crippen LogP contribution >= 0.6 is 0 Å². The van der Waals surface area contributed by atoms with Gasteiger partial charge in [-0.25, -0.2) is 14.4 Å². The van der Waals surface area contributed by atoms with Crippen molar-refractivity contribution < 1.29 is 33.0 Å². The summed E-state index contributed by atoms with van der Waals surface area (Å²) in [5, 5.41) is 0.786. The van der Waals surface area contributed by atoms with Gasteiger partial charge in [0.15, 0.2) is 0 Å². The SMILES string of the molecule is C=C(C)C(=O)OCCCCc1ccc2cc(-c3ccc(OC(=O)C(=C)C)cc3)c(=O)oc2c1CCCCOC(=O)CC. The number of esters is 3. The number of hydrogen-bond acceptors (Lipinski definition) is 8. The molecule has 1 heterocycles. The lowest BCUT2D eigenvalue weighted by atomic mass is 9.94. The van der Waals surface area contributed by atoms with Gasteiger partial charge in [0.2, 0.25) is 0 Å². The van der Waals surface area contributed by atoms with E-state index in [-0.39, 0.29) is 11.5 Å². The van der Waals surface area contributed by atoms with Crippen molar-refractivity contribution in [2.24, 2.45) is 0 Å². The van der Waals surface area contributed by atoms with Crippen molar-refractivity contribution in [2.45, 2.75) is 65.7 Å². The molecular weight excluding hydrogens is 536 g/mol. The van der Waals surface area contributed by atoms with Gasteiger partial charge in [-0.3, -0.25) is 4.79 Å². The molecule has 2 aromatic carbocycles. The third kappa shape index (κ3) is 9.03. The Morgan fingerprint density at radius 2 is 1.45 bits per heavy atom. The van der Waals surface area contributed by atoms with Gasteiger partial charge in [0.05, 0.1) is 18.8 Å². The minimum atomic E-state index is -0.521. The Morgan fingerprint density at radius 3 is 2.10 bits per heavy atom. The van der Waals surface area contributed by atoms with Crippen LogP contribution in [0.5, 0.6) is 5.75 Å². The van der Waals surface area contributed by atoms with E-state index in [1.807, 2.05) is 18.2 Å². The summed E-state index contributed by atoms with van der Waals surface area (Å²) in [7, 11) is 0. The molecule has 1 aromatic heterocycles. The standard InChI is InChI=1S/C34H38O8/c1-6-30(35)39-19-10-8-12-28-24(11-7-9-20-40-32(36)22(2)3)13-14-26-21-29(34(38)42-31(26)28)25-15-17-27(18-16-25)41-33(37)23(4)5/h13-18,21H,2,4,6-12,19-20H2,1,3,5H3. The Bertz CT molecular complexity index is 1510. The number of carbonyl (C=O) groups excluding carboxylic acids is 3. The Hall–Kier alpha value is -4.46. The molecule has 0 unspecified atom stereocenters. The monoisotopic (exact) mass is 574 g/mol. The quantitative estimate of drug-likeness (QED) is 0.0652. The van der Waals surface area contributed by atoms with Crippen LogP contribution in [-0.2, 0) is 36.7 Å². The molecule has 0 saturated carbocycles. The van der Waals surface area contributed by atoms with Gasteiger partial charge in [0.1, 0.15) is 11.3 Å². The fourth-order valence-corrected chi connectivity index (χ4v) is 4.29. The van der Waals surface area contributed by atoms with Crippen molar-refractivity contribution in [1.29, 1.82) is 0 Å². The summed E-state index contributed by atoms with van der Waals surface area (Å²) in [6.45, 7) is 12.8. The lowest BCUT2D eigenvalue weighted by molar-refractivity contribution is -0.143. The average molecular weight is 575 g/mol. The minimum absolute atomic E-state index is 0.228. The molecule has 8 nitrogen and oxygen atoms in total. The molecule has 222 valence electrons. The highest BCUT2D eigenvalue weighted by molar-refractivity contribution is 5.89. The third-order valence-corrected chi connectivity index (χ3v) is 6.62. The van der Waals surface area contributed by atoms with E-state index in [0.29, 0.717) is 66.9 Å². The summed E-state index contributed by atoms with van der Waals surface area (Å²) in [5.74, 6) is -0.797. The van der Waals surface area contributed by atoms with Crippen molar-refractivity contribution >= 4 is 28.9 Å². The molecule has 0 atom stereocenters. The summed E-state index contributed by atoms with van der Waals surface area (Å²) in [5.41, 5.74) is 3.74. The van der Waals surface area contributed by atoms with Gasteiger partial charge in [-0.05, 0) is 87.3 Å². The molecule has 0 saturated heterocycles. The second kappa shape index (κ2) is 15.5. The van der Waals surface area contributed by atoms with E-state index in [1.54, 1.807) is 45.0 Å². The van der Waals surface area contributed by atoms with E-state index < -0.39 is 17.6 Å². The van der Waals surface area contributed by atoms with E-state index in [4.69, 9.17) is 18.6 Å². The number of unbranched alkanes of at least 4 members (excludes halogenated alkanes) is 2. The predicted molar refractivity (Wildman–Crippen MR) is 161 cm³/mol.